The van der Waals surface area contributed by atoms with Gasteiger partial charge in [-0.1, -0.05) is 24.0 Å². The van der Waals surface area contributed by atoms with Crippen molar-refractivity contribution < 1.29 is 17.9 Å². The number of nitrogens with one attached hydrogen (secondary N) is 1. The molecule has 0 unspecified atom stereocenters. The molecule has 0 amide bonds. The van der Waals surface area contributed by atoms with E-state index in [2.05, 4.69) is 21.8 Å². The van der Waals surface area contributed by atoms with E-state index >= 15 is 0 Å². The highest BCUT2D eigenvalue weighted by Gasteiger charge is 2.36. The van der Waals surface area contributed by atoms with E-state index in [4.69, 9.17) is 9.72 Å². The zero-order chi connectivity index (χ0) is 24.3. The monoisotopic (exact) mass is 479 g/mol. The van der Waals surface area contributed by atoms with Gasteiger partial charge in [-0.15, -0.1) is 11.3 Å². The summed E-state index contributed by atoms with van der Waals surface area (Å²) in [5, 5.41) is 0.813. The van der Waals surface area contributed by atoms with Gasteiger partial charge in [-0.2, -0.15) is 13.2 Å². The number of aromatic nitrogens is 3. The lowest BCUT2D eigenvalue weighted by atomic mass is 9.94. The second-order valence-electron chi connectivity index (χ2n) is 8.59. The van der Waals surface area contributed by atoms with Crippen molar-refractivity contribution in [1.82, 2.24) is 15.0 Å². The van der Waals surface area contributed by atoms with Gasteiger partial charge in [0.05, 0.1) is 22.6 Å². The fraction of sp³-hybridized carbons (Fsp3) is 0.231. The Labute approximate surface area is 198 Å². The van der Waals surface area contributed by atoms with E-state index in [0.717, 1.165) is 38.6 Å². The Morgan fingerprint density at radius 2 is 1.79 bits per heavy atom. The fourth-order valence-electron chi connectivity index (χ4n) is 3.86. The van der Waals surface area contributed by atoms with Crippen LogP contribution in [0, 0.1) is 25.7 Å². The SMILES string of the molecule is Cc1nc(-c2nc3c([nH]2)C(C)(C)Oc2cc(C#Cc4ccccc4C(F)(F)F)ccc2-3)sc1C. The predicted molar refractivity (Wildman–Crippen MR) is 126 cm³/mol. The number of ether oxygens (including phenoxy) is 1. The predicted octanol–water partition coefficient (Wildman–Crippen LogP) is 6.86. The van der Waals surface area contributed by atoms with Crippen molar-refractivity contribution in [2.45, 2.75) is 39.5 Å². The lowest BCUT2D eigenvalue weighted by Gasteiger charge is -2.31. The van der Waals surface area contributed by atoms with Crippen LogP contribution in [0.2, 0.25) is 0 Å². The molecule has 1 N–H and O–H groups in total. The Balaban J connectivity index is 1.55. The van der Waals surface area contributed by atoms with E-state index in [0.29, 0.717) is 17.1 Å². The van der Waals surface area contributed by atoms with E-state index in [-0.39, 0.29) is 5.56 Å². The molecule has 34 heavy (non-hydrogen) atoms. The van der Waals surface area contributed by atoms with Crippen molar-refractivity contribution in [2.24, 2.45) is 0 Å². The molecule has 8 heteroatoms. The molecule has 0 spiro atoms. The van der Waals surface area contributed by atoms with Crippen LogP contribution >= 0.6 is 11.3 Å². The maximum absolute atomic E-state index is 13.3. The lowest BCUT2D eigenvalue weighted by molar-refractivity contribution is -0.137. The van der Waals surface area contributed by atoms with Crippen molar-refractivity contribution in [3.8, 4) is 39.7 Å². The van der Waals surface area contributed by atoms with E-state index in [1.54, 1.807) is 29.5 Å². The summed E-state index contributed by atoms with van der Waals surface area (Å²) in [5.41, 5.74) is 2.43. The number of nitrogens with zero attached hydrogens (tertiary/aromatic N) is 2. The molecule has 1 aliphatic rings. The maximum atomic E-state index is 13.3. The lowest BCUT2D eigenvalue weighted by Crippen LogP contribution is -2.29. The summed E-state index contributed by atoms with van der Waals surface area (Å²) >= 11 is 1.58. The summed E-state index contributed by atoms with van der Waals surface area (Å²) in [7, 11) is 0. The standard InChI is InChI=1S/C26H20F3N3OS/c1-14-15(2)34-24(30-14)23-31-21-18-12-10-16(13-20(18)33-25(3,4)22(21)32-23)9-11-17-7-5-6-8-19(17)26(27,28)29/h5-8,10,12-13H,1-4H3,(H,31,32). The molecule has 2 aromatic heterocycles. The van der Waals surface area contributed by atoms with E-state index in [1.807, 2.05) is 33.8 Å². The first kappa shape index (κ1) is 22.2. The molecular formula is C26H20F3N3OS. The highest BCUT2D eigenvalue weighted by molar-refractivity contribution is 7.15. The number of hydrogen-bond donors (Lipinski definition) is 1. The van der Waals surface area contributed by atoms with Gasteiger partial charge in [-0.25, -0.2) is 9.97 Å². The van der Waals surface area contributed by atoms with Gasteiger partial charge in [0.15, 0.2) is 10.8 Å². The number of fused-ring (bicyclic) bond motifs is 3. The third-order valence-electron chi connectivity index (χ3n) is 5.71. The third kappa shape index (κ3) is 3.86. The number of aryl methyl sites for hydroxylation is 2. The Morgan fingerprint density at radius 3 is 2.50 bits per heavy atom. The van der Waals surface area contributed by atoms with E-state index in [1.165, 1.54) is 12.1 Å². The first-order chi connectivity index (χ1) is 16.0. The first-order valence-corrected chi connectivity index (χ1v) is 11.4. The number of benzene rings is 2. The van der Waals surface area contributed by atoms with Crippen molar-refractivity contribution in [3.05, 3.63) is 75.4 Å². The quantitative estimate of drug-likeness (QED) is 0.303. The number of rotatable bonds is 1. The minimum absolute atomic E-state index is 0.0674. The van der Waals surface area contributed by atoms with Gasteiger partial charge in [0.25, 0.3) is 0 Å². The van der Waals surface area contributed by atoms with Gasteiger partial charge < -0.3 is 9.72 Å². The number of H-pyrrole nitrogens is 1. The molecule has 0 saturated carbocycles. The van der Waals surface area contributed by atoms with Gasteiger partial charge >= 0.3 is 6.18 Å². The Bertz CT molecular complexity index is 1470. The summed E-state index contributed by atoms with van der Waals surface area (Å²) in [6, 6.07) is 10.6. The molecule has 0 aliphatic carbocycles. The van der Waals surface area contributed by atoms with Gasteiger partial charge in [0.1, 0.15) is 11.4 Å². The summed E-state index contributed by atoms with van der Waals surface area (Å²) in [4.78, 5) is 13.9. The van der Waals surface area contributed by atoms with Crippen molar-refractivity contribution in [1.29, 1.82) is 0 Å². The molecule has 4 aromatic rings. The molecule has 1 aliphatic heterocycles. The number of alkyl halides is 3. The zero-order valence-electron chi connectivity index (χ0n) is 18.9. The van der Waals surface area contributed by atoms with Crippen LogP contribution in [0.15, 0.2) is 42.5 Å². The van der Waals surface area contributed by atoms with Gasteiger partial charge in [0.2, 0.25) is 0 Å². The van der Waals surface area contributed by atoms with Crippen molar-refractivity contribution in [3.63, 3.8) is 0 Å². The second-order valence-corrected chi connectivity index (χ2v) is 9.79. The third-order valence-corrected chi connectivity index (χ3v) is 6.79. The molecule has 5 rings (SSSR count). The number of imidazole rings is 1. The molecule has 0 bridgehead atoms. The van der Waals surface area contributed by atoms with Crippen LogP contribution in [-0.4, -0.2) is 15.0 Å². The minimum atomic E-state index is -4.46. The largest absolute Gasteiger partial charge is 0.481 e. The molecule has 4 nitrogen and oxygen atoms in total. The van der Waals surface area contributed by atoms with Crippen LogP contribution in [0.4, 0.5) is 13.2 Å². The highest BCUT2D eigenvalue weighted by Crippen LogP contribution is 2.45. The van der Waals surface area contributed by atoms with Crippen LogP contribution in [0.1, 0.15) is 46.8 Å². The van der Waals surface area contributed by atoms with Gasteiger partial charge in [-0.3, -0.25) is 0 Å². The number of halogens is 3. The van der Waals surface area contributed by atoms with Crippen LogP contribution in [0.3, 0.4) is 0 Å². The van der Waals surface area contributed by atoms with Crippen LogP contribution < -0.4 is 4.74 Å². The number of aromatic amines is 1. The Morgan fingerprint density at radius 1 is 1.03 bits per heavy atom. The number of hydrogen-bond acceptors (Lipinski definition) is 4. The van der Waals surface area contributed by atoms with Crippen LogP contribution in [0.5, 0.6) is 5.75 Å². The van der Waals surface area contributed by atoms with E-state index < -0.39 is 17.3 Å². The molecule has 0 atom stereocenters. The van der Waals surface area contributed by atoms with E-state index in [9.17, 15) is 13.2 Å². The molecule has 3 heterocycles. The molecule has 0 radical (unpaired) electrons. The van der Waals surface area contributed by atoms with Gasteiger partial charge in [0, 0.05) is 21.6 Å². The van der Waals surface area contributed by atoms with Crippen LogP contribution in [0.25, 0.3) is 22.1 Å². The normalized spacial score (nSPS) is 14.0. The summed E-state index contributed by atoms with van der Waals surface area (Å²) < 4.78 is 46.1. The fourth-order valence-corrected chi connectivity index (χ4v) is 4.72. The smallest absolute Gasteiger partial charge is 0.417 e. The summed E-state index contributed by atoms with van der Waals surface area (Å²) in [6.07, 6.45) is -4.46. The zero-order valence-corrected chi connectivity index (χ0v) is 19.7. The topological polar surface area (TPSA) is 50.8 Å². The second kappa shape index (κ2) is 7.74. The van der Waals surface area contributed by atoms with Crippen molar-refractivity contribution in [2.75, 3.05) is 0 Å². The first-order valence-electron chi connectivity index (χ1n) is 10.6. The van der Waals surface area contributed by atoms with Gasteiger partial charge in [-0.05, 0) is 58.0 Å². The van der Waals surface area contributed by atoms with Crippen LogP contribution in [-0.2, 0) is 11.8 Å². The Kier molecular flexibility index (Phi) is 5.06. The summed E-state index contributed by atoms with van der Waals surface area (Å²) in [5.74, 6) is 6.78. The average Bonchev–Trinajstić information content (AvgIpc) is 3.36. The number of thiazole rings is 1. The Hall–Kier alpha value is -3.57. The maximum Gasteiger partial charge on any atom is 0.417 e. The molecule has 0 saturated heterocycles. The molecule has 0 fully saturated rings. The minimum Gasteiger partial charge on any atom is -0.481 e. The molecule has 2 aromatic carbocycles. The van der Waals surface area contributed by atoms with Crippen molar-refractivity contribution >= 4 is 11.3 Å². The highest BCUT2D eigenvalue weighted by atomic mass is 32.1. The summed E-state index contributed by atoms with van der Waals surface area (Å²) in [6.45, 7) is 7.87. The molecular weight excluding hydrogens is 459 g/mol. The molecule has 172 valence electrons. The average molecular weight is 480 g/mol.